The molecule has 0 saturated heterocycles. The summed E-state index contributed by atoms with van der Waals surface area (Å²) < 4.78 is 0. The van der Waals surface area contributed by atoms with E-state index in [1.54, 1.807) is 0 Å². The van der Waals surface area contributed by atoms with E-state index in [1.165, 1.54) is 11.1 Å². The number of hydrogen-bond donors (Lipinski definition) is 0. The number of aromatic nitrogens is 1. The standard InChI is InChI=1S/C11H15N.C2H6/c1-4-5-6-11-8-12-10(3)7-9(11)2;1-2/h5-8H,4H2,1-3H3;1-2H3/b6-5-;. The molecule has 1 heterocycles. The number of aryl methyl sites for hydroxylation is 2. The SMILES string of the molecule is CC.CC/C=C\c1cnc(C)cc1C. The average Bonchev–Trinajstić information content (AvgIpc) is 2.20. The van der Waals surface area contributed by atoms with E-state index in [0.29, 0.717) is 0 Å². The molecule has 0 bridgehead atoms. The molecule has 0 aromatic carbocycles. The molecule has 0 aliphatic rings. The zero-order chi connectivity index (χ0) is 11.0. The van der Waals surface area contributed by atoms with Gasteiger partial charge in [0, 0.05) is 11.9 Å². The third-order valence-corrected chi connectivity index (χ3v) is 1.82. The summed E-state index contributed by atoms with van der Waals surface area (Å²) in [5, 5.41) is 0. The zero-order valence-electron chi connectivity index (χ0n) is 9.96. The van der Waals surface area contributed by atoms with Gasteiger partial charge < -0.3 is 0 Å². The molecule has 0 amide bonds. The van der Waals surface area contributed by atoms with Gasteiger partial charge in [-0.1, -0.05) is 32.9 Å². The predicted molar refractivity (Wildman–Crippen MR) is 64.4 cm³/mol. The molecule has 0 unspecified atom stereocenters. The fourth-order valence-corrected chi connectivity index (χ4v) is 1.13. The Morgan fingerprint density at radius 3 is 2.43 bits per heavy atom. The van der Waals surface area contributed by atoms with E-state index in [0.717, 1.165) is 12.1 Å². The van der Waals surface area contributed by atoms with Gasteiger partial charge in [-0.25, -0.2) is 0 Å². The first-order valence-corrected chi connectivity index (χ1v) is 5.34. The molecule has 0 N–H and O–H groups in total. The maximum absolute atomic E-state index is 4.24. The first-order valence-electron chi connectivity index (χ1n) is 5.34. The van der Waals surface area contributed by atoms with E-state index in [1.807, 2.05) is 27.0 Å². The Hall–Kier alpha value is -1.11. The van der Waals surface area contributed by atoms with Gasteiger partial charge in [-0.05, 0) is 37.5 Å². The van der Waals surface area contributed by atoms with Gasteiger partial charge in [0.25, 0.3) is 0 Å². The van der Waals surface area contributed by atoms with E-state index >= 15 is 0 Å². The minimum absolute atomic E-state index is 1.08. The summed E-state index contributed by atoms with van der Waals surface area (Å²) in [7, 11) is 0. The molecule has 14 heavy (non-hydrogen) atoms. The molecule has 0 fully saturated rings. The molecule has 0 radical (unpaired) electrons. The van der Waals surface area contributed by atoms with Crippen LogP contribution in [0.3, 0.4) is 0 Å². The smallest absolute Gasteiger partial charge is 0.0375 e. The van der Waals surface area contributed by atoms with Gasteiger partial charge in [-0.3, -0.25) is 4.98 Å². The highest BCUT2D eigenvalue weighted by atomic mass is 14.7. The summed E-state index contributed by atoms with van der Waals surface area (Å²) >= 11 is 0. The molecule has 78 valence electrons. The monoisotopic (exact) mass is 191 g/mol. The van der Waals surface area contributed by atoms with Crippen molar-refractivity contribution in [3.63, 3.8) is 0 Å². The Balaban J connectivity index is 0.000000791. The van der Waals surface area contributed by atoms with Crippen molar-refractivity contribution in [3.8, 4) is 0 Å². The molecule has 0 atom stereocenters. The molecule has 1 heteroatoms. The summed E-state index contributed by atoms with van der Waals surface area (Å²) in [5.74, 6) is 0. The Bertz CT molecular complexity index is 287. The number of allylic oxidation sites excluding steroid dienone is 1. The normalized spacial score (nSPS) is 9.79. The molecule has 0 aliphatic carbocycles. The van der Waals surface area contributed by atoms with Crippen LogP contribution in [-0.2, 0) is 0 Å². The van der Waals surface area contributed by atoms with Crippen LogP contribution in [0.4, 0.5) is 0 Å². The van der Waals surface area contributed by atoms with Crippen molar-refractivity contribution in [1.82, 2.24) is 4.98 Å². The predicted octanol–water partition coefficient (Wildman–Crippen LogP) is 4.15. The molecular formula is C13H21N. The molecule has 0 saturated carbocycles. The summed E-state index contributed by atoms with van der Waals surface area (Å²) in [6.45, 7) is 10.3. The fourth-order valence-electron chi connectivity index (χ4n) is 1.13. The summed E-state index contributed by atoms with van der Waals surface area (Å²) in [6, 6.07) is 2.11. The average molecular weight is 191 g/mol. The van der Waals surface area contributed by atoms with E-state index in [-0.39, 0.29) is 0 Å². The second-order valence-corrected chi connectivity index (χ2v) is 2.99. The molecule has 1 aromatic heterocycles. The highest BCUT2D eigenvalue weighted by molar-refractivity contribution is 5.52. The van der Waals surface area contributed by atoms with E-state index < -0.39 is 0 Å². The highest BCUT2D eigenvalue weighted by Gasteiger charge is 1.93. The second-order valence-electron chi connectivity index (χ2n) is 2.99. The van der Waals surface area contributed by atoms with Crippen molar-refractivity contribution in [2.45, 2.75) is 41.0 Å². The Kier molecular flexibility index (Phi) is 6.73. The van der Waals surface area contributed by atoms with Crippen LogP contribution in [0.1, 0.15) is 44.0 Å². The lowest BCUT2D eigenvalue weighted by Crippen LogP contribution is -1.86. The van der Waals surface area contributed by atoms with Crippen molar-refractivity contribution in [2.24, 2.45) is 0 Å². The van der Waals surface area contributed by atoms with Gasteiger partial charge in [0.05, 0.1) is 0 Å². The van der Waals surface area contributed by atoms with E-state index in [9.17, 15) is 0 Å². The van der Waals surface area contributed by atoms with Gasteiger partial charge >= 0.3 is 0 Å². The maximum atomic E-state index is 4.24. The Morgan fingerprint density at radius 1 is 1.29 bits per heavy atom. The van der Waals surface area contributed by atoms with Gasteiger partial charge in [0.2, 0.25) is 0 Å². The molecule has 0 aliphatic heterocycles. The highest BCUT2D eigenvalue weighted by Crippen LogP contribution is 2.09. The fraction of sp³-hybridized carbons (Fsp3) is 0.462. The number of pyridine rings is 1. The Labute approximate surface area is 87.9 Å². The van der Waals surface area contributed by atoms with Crippen molar-refractivity contribution in [3.05, 3.63) is 35.2 Å². The molecule has 1 nitrogen and oxygen atoms in total. The lowest BCUT2D eigenvalue weighted by atomic mass is 10.1. The quantitative estimate of drug-likeness (QED) is 0.684. The number of hydrogen-bond acceptors (Lipinski definition) is 1. The summed E-state index contributed by atoms with van der Waals surface area (Å²) in [5.41, 5.74) is 3.61. The summed E-state index contributed by atoms with van der Waals surface area (Å²) in [6.07, 6.45) is 7.28. The van der Waals surface area contributed by atoms with Gasteiger partial charge in [0.1, 0.15) is 0 Å². The van der Waals surface area contributed by atoms with Crippen molar-refractivity contribution in [2.75, 3.05) is 0 Å². The minimum atomic E-state index is 1.08. The maximum Gasteiger partial charge on any atom is 0.0375 e. The van der Waals surface area contributed by atoms with Crippen LogP contribution < -0.4 is 0 Å². The second kappa shape index (κ2) is 7.31. The van der Waals surface area contributed by atoms with Gasteiger partial charge in [0.15, 0.2) is 0 Å². The van der Waals surface area contributed by atoms with Crippen LogP contribution in [0.25, 0.3) is 6.08 Å². The molecule has 0 spiro atoms. The molecule has 1 rings (SSSR count). The van der Waals surface area contributed by atoms with Gasteiger partial charge in [-0.2, -0.15) is 0 Å². The van der Waals surface area contributed by atoms with E-state index in [2.05, 4.69) is 37.0 Å². The lowest BCUT2D eigenvalue weighted by molar-refractivity contribution is 1.16. The molecule has 1 aromatic rings. The number of rotatable bonds is 2. The van der Waals surface area contributed by atoms with Crippen LogP contribution >= 0.6 is 0 Å². The van der Waals surface area contributed by atoms with Crippen LogP contribution in [-0.4, -0.2) is 4.98 Å². The number of nitrogens with zero attached hydrogens (tertiary/aromatic N) is 1. The van der Waals surface area contributed by atoms with E-state index in [4.69, 9.17) is 0 Å². The molecular weight excluding hydrogens is 170 g/mol. The third kappa shape index (κ3) is 4.22. The van der Waals surface area contributed by atoms with Crippen LogP contribution in [0, 0.1) is 13.8 Å². The zero-order valence-corrected chi connectivity index (χ0v) is 9.96. The van der Waals surface area contributed by atoms with Crippen LogP contribution in [0.2, 0.25) is 0 Å². The lowest BCUT2D eigenvalue weighted by Gasteiger charge is -1.99. The summed E-state index contributed by atoms with van der Waals surface area (Å²) in [4.78, 5) is 4.24. The third-order valence-electron chi connectivity index (χ3n) is 1.82. The first-order chi connectivity index (χ1) is 6.74. The van der Waals surface area contributed by atoms with Crippen molar-refractivity contribution in [1.29, 1.82) is 0 Å². The van der Waals surface area contributed by atoms with Crippen LogP contribution in [0.15, 0.2) is 18.3 Å². The minimum Gasteiger partial charge on any atom is -0.261 e. The van der Waals surface area contributed by atoms with Gasteiger partial charge in [-0.15, -0.1) is 0 Å². The largest absolute Gasteiger partial charge is 0.261 e. The topological polar surface area (TPSA) is 12.9 Å². The van der Waals surface area contributed by atoms with Crippen molar-refractivity contribution >= 4 is 6.08 Å². The van der Waals surface area contributed by atoms with Crippen molar-refractivity contribution < 1.29 is 0 Å². The first kappa shape index (κ1) is 12.9. The van der Waals surface area contributed by atoms with Crippen LogP contribution in [0.5, 0.6) is 0 Å². The Morgan fingerprint density at radius 2 is 1.93 bits per heavy atom.